The van der Waals surface area contributed by atoms with Crippen molar-refractivity contribution >= 4 is 11.6 Å². The Balaban J connectivity index is 1.66. The molecule has 0 amide bonds. The predicted molar refractivity (Wildman–Crippen MR) is 84.4 cm³/mol. The van der Waals surface area contributed by atoms with Crippen molar-refractivity contribution in [1.29, 1.82) is 0 Å². The van der Waals surface area contributed by atoms with Gasteiger partial charge in [-0.25, -0.2) is 0 Å². The number of benzene rings is 2. The molecule has 0 heterocycles. The minimum absolute atomic E-state index is 0.297. The first-order valence-electron chi connectivity index (χ1n) is 6.92. The molecule has 0 bridgehead atoms. The lowest BCUT2D eigenvalue weighted by Crippen LogP contribution is -2.21. The molecule has 0 spiro atoms. The molecule has 0 fully saturated rings. The highest BCUT2D eigenvalue weighted by Gasteiger charge is 2.04. The average Bonchev–Trinajstić information content (AvgIpc) is 2.48. The summed E-state index contributed by atoms with van der Waals surface area (Å²) in [4.78, 5) is 0. The first-order chi connectivity index (χ1) is 9.75. The number of nitrogens with one attached hydrogen (secondary N) is 1. The van der Waals surface area contributed by atoms with E-state index < -0.39 is 0 Å². The average molecular weight is 290 g/mol. The summed E-state index contributed by atoms with van der Waals surface area (Å²) >= 11 is 5.99. The van der Waals surface area contributed by atoms with Gasteiger partial charge in [0.2, 0.25) is 0 Å². The highest BCUT2D eigenvalue weighted by Crippen LogP contribution is 2.17. The van der Waals surface area contributed by atoms with E-state index in [2.05, 4.69) is 18.3 Å². The molecule has 2 aromatic rings. The van der Waals surface area contributed by atoms with Crippen LogP contribution in [-0.4, -0.2) is 13.2 Å². The molecule has 0 aromatic heterocycles. The maximum Gasteiger partial charge on any atom is 0.119 e. The van der Waals surface area contributed by atoms with Gasteiger partial charge < -0.3 is 10.1 Å². The fraction of sp³-hybridized carbons (Fsp3) is 0.294. The second-order valence-corrected chi connectivity index (χ2v) is 5.18. The molecular weight excluding hydrogens is 270 g/mol. The van der Waals surface area contributed by atoms with Gasteiger partial charge in [0, 0.05) is 11.1 Å². The van der Waals surface area contributed by atoms with E-state index in [0.29, 0.717) is 6.04 Å². The lowest BCUT2D eigenvalue weighted by Gasteiger charge is -2.14. The molecule has 2 aromatic carbocycles. The summed E-state index contributed by atoms with van der Waals surface area (Å²) in [6.45, 7) is 3.78. The zero-order chi connectivity index (χ0) is 14.2. The van der Waals surface area contributed by atoms with Gasteiger partial charge in [0.1, 0.15) is 5.75 Å². The molecule has 106 valence electrons. The third kappa shape index (κ3) is 4.87. The van der Waals surface area contributed by atoms with Crippen LogP contribution in [0.4, 0.5) is 0 Å². The fourth-order valence-electron chi connectivity index (χ4n) is 1.99. The van der Waals surface area contributed by atoms with Gasteiger partial charge in [0.25, 0.3) is 0 Å². The van der Waals surface area contributed by atoms with E-state index in [9.17, 15) is 0 Å². The Labute approximate surface area is 125 Å². The van der Waals surface area contributed by atoms with Crippen molar-refractivity contribution in [2.45, 2.75) is 19.4 Å². The summed E-state index contributed by atoms with van der Waals surface area (Å²) in [5.41, 5.74) is 1.21. The molecule has 0 radical (unpaired) electrons. The number of hydrogen-bond acceptors (Lipinski definition) is 2. The Hall–Kier alpha value is -1.51. The first kappa shape index (κ1) is 14.9. The molecular formula is C17H20ClNO. The van der Waals surface area contributed by atoms with Crippen molar-refractivity contribution in [3.8, 4) is 5.75 Å². The second kappa shape index (κ2) is 7.93. The van der Waals surface area contributed by atoms with Gasteiger partial charge in [0.05, 0.1) is 6.61 Å². The zero-order valence-corrected chi connectivity index (χ0v) is 12.4. The van der Waals surface area contributed by atoms with Gasteiger partial charge in [-0.1, -0.05) is 41.9 Å². The lowest BCUT2D eigenvalue weighted by atomic mass is 10.1. The summed E-state index contributed by atoms with van der Waals surface area (Å²) in [6.07, 6.45) is 0.972. The number of para-hydroxylation sites is 1. The fourth-order valence-corrected chi connectivity index (χ4v) is 2.19. The molecule has 20 heavy (non-hydrogen) atoms. The van der Waals surface area contributed by atoms with Gasteiger partial charge in [-0.15, -0.1) is 0 Å². The van der Waals surface area contributed by atoms with Crippen molar-refractivity contribution in [2.75, 3.05) is 13.2 Å². The van der Waals surface area contributed by atoms with Crippen molar-refractivity contribution in [2.24, 2.45) is 0 Å². The highest BCUT2D eigenvalue weighted by molar-refractivity contribution is 6.30. The summed E-state index contributed by atoms with van der Waals surface area (Å²) in [6, 6.07) is 18.2. The normalized spacial score (nSPS) is 12.1. The van der Waals surface area contributed by atoms with Crippen LogP contribution in [0.2, 0.25) is 5.02 Å². The van der Waals surface area contributed by atoms with Crippen molar-refractivity contribution in [3.05, 3.63) is 65.2 Å². The summed E-state index contributed by atoms with van der Waals surface area (Å²) < 4.78 is 5.65. The number of halogens is 1. The van der Waals surface area contributed by atoms with Gasteiger partial charge in [-0.05, 0) is 49.7 Å². The van der Waals surface area contributed by atoms with E-state index in [1.54, 1.807) is 0 Å². The van der Waals surface area contributed by atoms with E-state index in [-0.39, 0.29) is 0 Å². The van der Waals surface area contributed by atoms with Gasteiger partial charge in [-0.3, -0.25) is 0 Å². The Kier molecular flexibility index (Phi) is 5.90. The SMILES string of the molecule is CC(NCCCOc1ccccc1)c1cccc(Cl)c1. The standard InChI is InChI=1S/C17H20ClNO/c1-14(15-7-5-8-16(18)13-15)19-11-6-12-20-17-9-3-2-4-10-17/h2-5,7-10,13-14,19H,6,11-12H2,1H3. The molecule has 0 saturated heterocycles. The van der Waals surface area contributed by atoms with Crippen molar-refractivity contribution in [3.63, 3.8) is 0 Å². The maximum atomic E-state index is 5.99. The largest absolute Gasteiger partial charge is 0.494 e. The van der Waals surface area contributed by atoms with Crippen LogP contribution in [0.3, 0.4) is 0 Å². The summed E-state index contributed by atoms with van der Waals surface area (Å²) in [5.74, 6) is 0.926. The van der Waals surface area contributed by atoms with Crippen molar-refractivity contribution in [1.82, 2.24) is 5.32 Å². The molecule has 0 saturated carbocycles. The third-order valence-corrected chi connectivity index (χ3v) is 3.37. The predicted octanol–water partition coefficient (Wildman–Crippen LogP) is 4.46. The molecule has 0 aliphatic rings. The molecule has 0 aliphatic heterocycles. The van der Waals surface area contributed by atoms with Crippen LogP contribution in [0, 0.1) is 0 Å². The number of rotatable bonds is 7. The molecule has 2 rings (SSSR count). The van der Waals surface area contributed by atoms with Crippen LogP contribution in [0.25, 0.3) is 0 Å². The molecule has 1 N–H and O–H groups in total. The van der Waals surface area contributed by atoms with Gasteiger partial charge >= 0.3 is 0 Å². The Morgan fingerprint density at radius 1 is 1.10 bits per heavy atom. The smallest absolute Gasteiger partial charge is 0.119 e. The van der Waals surface area contributed by atoms with Crippen LogP contribution in [0.1, 0.15) is 24.9 Å². The van der Waals surface area contributed by atoms with Gasteiger partial charge in [0.15, 0.2) is 0 Å². The van der Waals surface area contributed by atoms with E-state index >= 15 is 0 Å². The van der Waals surface area contributed by atoms with Crippen molar-refractivity contribution < 1.29 is 4.74 Å². The number of hydrogen-bond donors (Lipinski definition) is 1. The first-order valence-corrected chi connectivity index (χ1v) is 7.30. The molecule has 1 unspecified atom stereocenters. The lowest BCUT2D eigenvalue weighted by molar-refractivity contribution is 0.305. The minimum Gasteiger partial charge on any atom is -0.494 e. The van der Waals surface area contributed by atoms with E-state index in [4.69, 9.17) is 16.3 Å². The van der Waals surface area contributed by atoms with Crippen LogP contribution >= 0.6 is 11.6 Å². The molecule has 3 heteroatoms. The monoisotopic (exact) mass is 289 g/mol. The highest BCUT2D eigenvalue weighted by atomic mass is 35.5. The Morgan fingerprint density at radius 2 is 1.90 bits per heavy atom. The topological polar surface area (TPSA) is 21.3 Å². The Bertz CT molecular complexity index is 515. The van der Waals surface area contributed by atoms with Gasteiger partial charge in [-0.2, -0.15) is 0 Å². The number of ether oxygens (including phenoxy) is 1. The third-order valence-electron chi connectivity index (χ3n) is 3.13. The van der Waals surface area contributed by atoms with Crippen LogP contribution < -0.4 is 10.1 Å². The molecule has 0 aliphatic carbocycles. The van der Waals surface area contributed by atoms with E-state index in [1.165, 1.54) is 5.56 Å². The molecule has 1 atom stereocenters. The quantitative estimate of drug-likeness (QED) is 0.760. The zero-order valence-electron chi connectivity index (χ0n) is 11.7. The second-order valence-electron chi connectivity index (χ2n) is 4.75. The van der Waals surface area contributed by atoms with Crippen LogP contribution in [-0.2, 0) is 0 Å². The van der Waals surface area contributed by atoms with Crippen LogP contribution in [0.15, 0.2) is 54.6 Å². The van der Waals surface area contributed by atoms with E-state index in [0.717, 1.165) is 30.3 Å². The summed E-state index contributed by atoms with van der Waals surface area (Å²) in [7, 11) is 0. The van der Waals surface area contributed by atoms with Crippen LogP contribution in [0.5, 0.6) is 5.75 Å². The molecule has 2 nitrogen and oxygen atoms in total. The van der Waals surface area contributed by atoms with E-state index in [1.807, 2.05) is 48.5 Å². The maximum absolute atomic E-state index is 5.99. The summed E-state index contributed by atoms with van der Waals surface area (Å²) in [5, 5.41) is 4.25. The minimum atomic E-state index is 0.297. The Morgan fingerprint density at radius 3 is 2.65 bits per heavy atom.